The van der Waals surface area contributed by atoms with Crippen molar-refractivity contribution >= 4 is 5.97 Å². The van der Waals surface area contributed by atoms with Gasteiger partial charge in [0.2, 0.25) is 0 Å². The number of hydrogen-bond acceptors (Lipinski definition) is 4. The van der Waals surface area contributed by atoms with Crippen LogP contribution in [0.25, 0.3) is 0 Å². The second-order valence-electron chi connectivity index (χ2n) is 4.11. The zero-order valence-corrected chi connectivity index (χ0v) is 9.11. The maximum atomic E-state index is 10.4. The first kappa shape index (κ1) is 11.1. The average Bonchev–Trinajstić information content (AvgIpc) is 2.87. The van der Waals surface area contributed by atoms with Crippen LogP contribution in [0.2, 0.25) is 0 Å². The van der Waals surface area contributed by atoms with E-state index in [1.807, 2.05) is 0 Å². The summed E-state index contributed by atoms with van der Waals surface area (Å²) in [6.45, 7) is 1.07. The zero-order valence-electron chi connectivity index (χ0n) is 9.11. The standard InChI is InChI=1S/C11H16N2O3/c14-11(15)4-3-9-7-13-10(16-9)6-8-2-1-5-12-8/h7-8,12H,1-6H2,(H,14,15). The predicted molar refractivity (Wildman–Crippen MR) is 57.2 cm³/mol. The molecule has 0 amide bonds. The fourth-order valence-corrected chi connectivity index (χ4v) is 1.93. The van der Waals surface area contributed by atoms with E-state index in [9.17, 15) is 4.79 Å². The third kappa shape index (κ3) is 3.06. The fourth-order valence-electron chi connectivity index (χ4n) is 1.93. The van der Waals surface area contributed by atoms with Gasteiger partial charge < -0.3 is 14.8 Å². The molecule has 2 rings (SSSR count). The van der Waals surface area contributed by atoms with Gasteiger partial charge in [-0.1, -0.05) is 0 Å². The lowest BCUT2D eigenvalue weighted by Crippen LogP contribution is -2.23. The van der Waals surface area contributed by atoms with E-state index in [4.69, 9.17) is 9.52 Å². The van der Waals surface area contributed by atoms with Gasteiger partial charge in [-0.05, 0) is 19.4 Å². The molecule has 0 spiro atoms. The van der Waals surface area contributed by atoms with Gasteiger partial charge >= 0.3 is 5.97 Å². The highest BCUT2D eigenvalue weighted by Gasteiger charge is 2.17. The molecule has 88 valence electrons. The molecular formula is C11H16N2O3. The molecule has 2 heterocycles. The Bertz CT molecular complexity index is 356. The Kier molecular flexibility index (Phi) is 3.56. The molecule has 1 aliphatic heterocycles. The molecule has 1 unspecified atom stereocenters. The minimum absolute atomic E-state index is 0.0936. The molecule has 0 aromatic carbocycles. The van der Waals surface area contributed by atoms with Gasteiger partial charge in [0.1, 0.15) is 5.76 Å². The Labute approximate surface area is 93.9 Å². The molecule has 1 aliphatic rings. The Morgan fingerprint density at radius 2 is 2.56 bits per heavy atom. The molecule has 5 nitrogen and oxygen atoms in total. The smallest absolute Gasteiger partial charge is 0.303 e. The largest absolute Gasteiger partial charge is 0.481 e. The topological polar surface area (TPSA) is 75.4 Å². The van der Waals surface area contributed by atoms with Crippen molar-refractivity contribution in [2.24, 2.45) is 0 Å². The second kappa shape index (κ2) is 5.12. The van der Waals surface area contributed by atoms with Gasteiger partial charge in [-0.3, -0.25) is 4.79 Å². The van der Waals surface area contributed by atoms with Crippen molar-refractivity contribution in [1.29, 1.82) is 0 Å². The molecule has 1 fully saturated rings. The second-order valence-corrected chi connectivity index (χ2v) is 4.11. The van der Waals surface area contributed by atoms with Crippen molar-refractivity contribution in [2.75, 3.05) is 6.54 Å². The molecule has 16 heavy (non-hydrogen) atoms. The molecule has 0 bridgehead atoms. The highest BCUT2D eigenvalue weighted by molar-refractivity contribution is 5.66. The van der Waals surface area contributed by atoms with Gasteiger partial charge in [0.25, 0.3) is 0 Å². The lowest BCUT2D eigenvalue weighted by molar-refractivity contribution is -0.137. The number of hydrogen-bond donors (Lipinski definition) is 2. The summed E-state index contributed by atoms with van der Waals surface area (Å²) in [6, 6.07) is 0.464. The van der Waals surface area contributed by atoms with Crippen molar-refractivity contribution in [3.05, 3.63) is 17.8 Å². The lowest BCUT2D eigenvalue weighted by atomic mass is 10.2. The van der Waals surface area contributed by atoms with E-state index < -0.39 is 5.97 Å². The van der Waals surface area contributed by atoms with Gasteiger partial charge in [0.05, 0.1) is 12.6 Å². The minimum atomic E-state index is -0.810. The van der Waals surface area contributed by atoms with Crippen LogP contribution >= 0.6 is 0 Å². The van der Waals surface area contributed by atoms with Crippen molar-refractivity contribution in [3.8, 4) is 0 Å². The molecule has 1 aromatic heterocycles. The van der Waals surface area contributed by atoms with E-state index in [1.54, 1.807) is 6.20 Å². The molecule has 0 radical (unpaired) electrons. The maximum Gasteiger partial charge on any atom is 0.303 e. The third-order valence-corrected chi connectivity index (χ3v) is 2.77. The van der Waals surface area contributed by atoms with Crippen molar-refractivity contribution in [2.45, 2.75) is 38.1 Å². The zero-order chi connectivity index (χ0) is 11.4. The van der Waals surface area contributed by atoms with Crippen molar-refractivity contribution in [1.82, 2.24) is 10.3 Å². The van der Waals surface area contributed by atoms with E-state index in [-0.39, 0.29) is 6.42 Å². The Balaban J connectivity index is 1.84. The SMILES string of the molecule is O=C(O)CCc1cnc(CC2CCCN2)o1. The fraction of sp³-hybridized carbons (Fsp3) is 0.636. The third-order valence-electron chi connectivity index (χ3n) is 2.77. The number of nitrogens with one attached hydrogen (secondary N) is 1. The molecule has 1 aromatic rings. The number of carbonyl (C=O) groups is 1. The number of oxazole rings is 1. The summed E-state index contributed by atoms with van der Waals surface area (Å²) < 4.78 is 5.48. The maximum absolute atomic E-state index is 10.4. The summed E-state index contributed by atoms with van der Waals surface area (Å²) in [5, 5.41) is 11.9. The van der Waals surface area contributed by atoms with Gasteiger partial charge in [0.15, 0.2) is 5.89 Å². The molecule has 1 saturated heterocycles. The van der Waals surface area contributed by atoms with Gasteiger partial charge in [-0.2, -0.15) is 0 Å². The summed E-state index contributed by atoms with van der Waals surface area (Å²) >= 11 is 0. The quantitative estimate of drug-likeness (QED) is 0.780. The summed E-state index contributed by atoms with van der Waals surface area (Å²) in [6.07, 6.45) is 5.31. The number of carboxylic acids is 1. The van der Waals surface area contributed by atoms with Gasteiger partial charge in [0, 0.05) is 18.9 Å². The molecule has 0 aliphatic carbocycles. The summed E-state index contributed by atoms with van der Waals surface area (Å²) in [5.41, 5.74) is 0. The summed E-state index contributed by atoms with van der Waals surface area (Å²) in [7, 11) is 0. The first-order valence-corrected chi connectivity index (χ1v) is 5.63. The molecule has 2 N–H and O–H groups in total. The van der Waals surface area contributed by atoms with Crippen LogP contribution in [0, 0.1) is 0 Å². The van der Waals surface area contributed by atoms with Crippen LogP contribution in [0.15, 0.2) is 10.6 Å². The van der Waals surface area contributed by atoms with Gasteiger partial charge in [-0.15, -0.1) is 0 Å². The normalized spacial score (nSPS) is 20.1. The number of nitrogens with zero attached hydrogens (tertiary/aromatic N) is 1. The first-order valence-electron chi connectivity index (χ1n) is 5.63. The van der Waals surface area contributed by atoms with Crippen LogP contribution in [-0.2, 0) is 17.6 Å². The Morgan fingerprint density at radius 1 is 1.69 bits per heavy atom. The lowest BCUT2D eigenvalue weighted by Gasteiger charge is -2.05. The van der Waals surface area contributed by atoms with Crippen LogP contribution < -0.4 is 5.32 Å². The first-order chi connectivity index (χ1) is 7.74. The monoisotopic (exact) mass is 224 g/mol. The molecular weight excluding hydrogens is 208 g/mol. The molecule has 1 atom stereocenters. The van der Waals surface area contributed by atoms with E-state index in [0.29, 0.717) is 24.1 Å². The van der Waals surface area contributed by atoms with Crippen LogP contribution in [0.1, 0.15) is 30.9 Å². The number of aromatic nitrogens is 1. The predicted octanol–water partition coefficient (Wildman–Crippen LogP) is 0.986. The summed E-state index contributed by atoms with van der Waals surface area (Å²) in [5.74, 6) is 0.561. The van der Waals surface area contributed by atoms with E-state index >= 15 is 0 Å². The number of carboxylic acid groups (broad SMARTS) is 1. The average molecular weight is 224 g/mol. The van der Waals surface area contributed by atoms with E-state index in [0.717, 1.165) is 19.4 Å². The van der Waals surface area contributed by atoms with Crippen LogP contribution in [0.3, 0.4) is 0 Å². The van der Waals surface area contributed by atoms with Crippen molar-refractivity contribution < 1.29 is 14.3 Å². The van der Waals surface area contributed by atoms with Crippen LogP contribution in [0.4, 0.5) is 0 Å². The highest BCUT2D eigenvalue weighted by Crippen LogP contribution is 2.13. The Hall–Kier alpha value is -1.36. The van der Waals surface area contributed by atoms with E-state index in [2.05, 4.69) is 10.3 Å². The molecule has 0 saturated carbocycles. The minimum Gasteiger partial charge on any atom is -0.481 e. The molecule has 5 heteroatoms. The number of aliphatic carboxylic acids is 1. The van der Waals surface area contributed by atoms with Crippen LogP contribution in [-0.4, -0.2) is 28.6 Å². The van der Waals surface area contributed by atoms with Crippen LogP contribution in [0.5, 0.6) is 0 Å². The highest BCUT2D eigenvalue weighted by atomic mass is 16.4. The van der Waals surface area contributed by atoms with E-state index in [1.165, 1.54) is 6.42 Å². The number of rotatable bonds is 5. The van der Waals surface area contributed by atoms with Gasteiger partial charge in [-0.25, -0.2) is 4.98 Å². The summed E-state index contributed by atoms with van der Waals surface area (Å²) in [4.78, 5) is 14.5. The van der Waals surface area contributed by atoms with Crippen molar-refractivity contribution in [3.63, 3.8) is 0 Å². The number of aryl methyl sites for hydroxylation is 1. The Morgan fingerprint density at radius 3 is 3.25 bits per heavy atom.